The first-order chi connectivity index (χ1) is 20.4. The normalized spacial score (nSPS) is 13.5. The van der Waals surface area contributed by atoms with Crippen molar-refractivity contribution >= 4 is 27.5 Å². The summed E-state index contributed by atoms with van der Waals surface area (Å²) in [6.07, 6.45) is 3.02. The van der Waals surface area contributed by atoms with E-state index in [-0.39, 0.29) is 29.8 Å². The zero-order chi connectivity index (χ0) is 31.1. The van der Waals surface area contributed by atoms with Crippen molar-refractivity contribution in [1.29, 1.82) is 0 Å². The highest BCUT2D eigenvalue weighted by molar-refractivity contribution is 7.92. The molecule has 0 bridgehead atoms. The van der Waals surface area contributed by atoms with Gasteiger partial charge in [0.2, 0.25) is 10.0 Å². The Morgan fingerprint density at radius 3 is 2.21 bits per heavy atom. The van der Waals surface area contributed by atoms with Crippen molar-refractivity contribution in [2.45, 2.75) is 38.1 Å². The molecule has 3 aromatic carbocycles. The summed E-state index contributed by atoms with van der Waals surface area (Å²) in [6.45, 7) is 1.78. The Hall–Kier alpha value is -4.62. The number of carbonyl (C=O) groups excluding carboxylic acids is 2. The van der Waals surface area contributed by atoms with Gasteiger partial charge in [-0.05, 0) is 54.8 Å². The zero-order valence-electron chi connectivity index (χ0n) is 23.9. The predicted molar refractivity (Wildman–Crippen MR) is 159 cm³/mol. The number of aromatic nitrogens is 3. The topological polar surface area (TPSA) is 147 Å². The van der Waals surface area contributed by atoms with Crippen molar-refractivity contribution in [3.63, 3.8) is 0 Å². The van der Waals surface area contributed by atoms with Crippen LogP contribution in [-0.2, 0) is 23.0 Å². The first-order valence-electron chi connectivity index (χ1n) is 13.4. The molecule has 2 amide bonds. The summed E-state index contributed by atoms with van der Waals surface area (Å²) in [5.41, 5.74) is 1.67. The maximum atomic E-state index is 13.6. The fourth-order valence-corrected chi connectivity index (χ4v) is 4.90. The zero-order valence-corrected chi connectivity index (χ0v) is 24.7. The van der Waals surface area contributed by atoms with Crippen molar-refractivity contribution < 1.29 is 27.5 Å². The quantitative estimate of drug-likeness (QED) is 0.224. The molecule has 0 aliphatic heterocycles. The van der Waals surface area contributed by atoms with E-state index in [2.05, 4.69) is 20.7 Å². The Morgan fingerprint density at radius 2 is 1.63 bits per heavy atom. The van der Waals surface area contributed by atoms with Gasteiger partial charge in [-0.2, -0.15) is 5.10 Å². The van der Waals surface area contributed by atoms with Crippen molar-refractivity contribution in [3.05, 3.63) is 114 Å². The van der Waals surface area contributed by atoms with Crippen LogP contribution in [0.5, 0.6) is 0 Å². The highest BCUT2D eigenvalue weighted by Crippen LogP contribution is 2.22. The molecule has 3 N–H and O–H groups in total. The van der Waals surface area contributed by atoms with Gasteiger partial charge in [-0.1, -0.05) is 42.5 Å². The van der Waals surface area contributed by atoms with Crippen LogP contribution in [0.2, 0.25) is 0 Å². The van der Waals surface area contributed by atoms with E-state index < -0.39 is 45.8 Å². The highest BCUT2D eigenvalue weighted by Gasteiger charge is 2.25. The van der Waals surface area contributed by atoms with Crippen molar-refractivity contribution in [2.24, 2.45) is 0 Å². The van der Waals surface area contributed by atoms with E-state index in [1.165, 1.54) is 54.7 Å². The third kappa shape index (κ3) is 8.46. The van der Waals surface area contributed by atoms with E-state index in [4.69, 9.17) is 0 Å². The number of rotatable bonds is 12. The lowest BCUT2D eigenvalue weighted by Gasteiger charge is -2.25. The van der Waals surface area contributed by atoms with Crippen LogP contribution in [0.1, 0.15) is 44.8 Å². The van der Waals surface area contributed by atoms with Gasteiger partial charge < -0.3 is 15.7 Å². The molecule has 226 valence electrons. The number of benzene rings is 3. The fraction of sp³-hybridized carbons (Fsp3) is 0.267. The first-order valence-corrected chi connectivity index (χ1v) is 15.3. The molecule has 0 aliphatic carbocycles. The standard InChI is InChI=1S/C30H33FN6O5S/c1-20(22-9-11-25(31)12-10-22)34-29(39)23-14-24(16-26(15-23)36(2)43(3,41)42)30(40)35-27(13-21-7-5-4-6-8-21)28(38)17-37-19-32-18-33-37/h4-12,14-16,18-20,27-28,38H,13,17H2,1-3H3,(H,34,39)(H,35,40)/t20-,27+,28+/m1/s1. The summed E-state index contributed by atoms with van der Waals surface area (Å²) in [5.74, 6) is -1.60. The van der Waals surface area contributed by atoms with Gasteiger partial charge in [0.25, 0.3) is 11.8 Å². The minimum atomic E-state index is -3.74. The number of nitrogens with one attached hydrogen (secondary N) is 2. The molecule has 43 heavy (non-hydrogen) atoms. The number of anilines is 1. The average molecular weight is 609 g/mol. The largest absolute Gasteiger partial charge is 0.389 e. The number of halogens is 1. The van der Waals surface area contributed by atoms with Gasteiger partial charge in [0.05, 0.1) is 36.7 Å². The molecule has 0 spiro atoms. The second-order valence-corrected chi connectivity index (χ2v) is 12.2. The molecule has 3 atom stereocenters. The number of aliphatic hydroxyl groups excluding tert-OH is 1. The lowest BCUT2D eigenvalue weighted by molar-refractivity contribution is 0.0780. The second-order valence-electron chi connectivity index (χ2n) is 10.2. The molecule has 11 nitrogen and oxygen atoms in total. The molecule has 0 radical (unpaired) electrons. The molecule has 0 fully saturated rings. The minimum Gasteiger partial charge on any atom is -0.389 e. The molecular weight excluding hydrogens is 575 g/mol. The Morgan fingerprint density at radius 1 is 1.00 bits per heavy atom. The lowest BCUT2D eigenvalue weighted by atomic mass is 10.00. The van der Waals surface area contributed by atoms with Gasteiger partial charge in [0.1, 0.15) is 18.5 Å². The van der Waals surface area contributed by atoms with Crippen LogP contribution in [-0.4, -0.2) is 65.6 Å². The first kappa shape index (κ1) is 31.3. The highest BCUT2D eigenvalue weighted by atomic mass is 32.2. The Kier molecular flexibility index (Phi) is 9.88. The van der Waals surface area contributed by atoms with Crippen molar-refractivity contribution in [1.82, 2.24) is 25.4 Å². The molecule has 4 rings (SSSR count). The van der Waals surface area contributed by atoms with Crippen molar-refractivity contribution in [2.75, 3.05) is 17.6 Å². The monoisotopic (exact) mass is 608 g/mol. The summed E-state index contributed by atoms with van der Waals surface area (Å²) < 4.78 is 40.5. The van der Waals surface area contributed by atoms with Gasteiger partial charge in [0, 0.05) is 18.2 Å². The number of nitrogens with zero attached hydrogens (tertiary/aromatic N) is 4. The van der Waals surface area contributed by atoms with Crippen LogP contribution in [0.4, 0.5) is 10.1 Å². The van der Waals surface area contributed by atoms with Crippen LogP contribution in [0.25, 0.3) is 0 Å². The van der Waals surface area contributed by atoms with Crippen LogP contribution in [0, 0.1) is 5.82 Å². The molecule has 13 heteroatoms. The number of aliphatic hydroxyl groups is 1. The predicted octanol–water partition coefficient (Wildman–Crippen LogP) is 2.71. The molecule has 1 heterocycles. The molecule has 0 saturated heterocycles. The van der Waals surface area contributed by atoms with Gasteiger partial charge in [0.15, 0.2) is 0 Å². The van der Waals surface area contributed by atoms with Crippen LogP contribution < -0.4 is 14.9 Å². The lowest BCUT2D eigenvalue weighted by Crippen LogP contribution is -2.46. The third-order valence-electron chi connectivity index (χ3n) is 6.94. The Labute approximate surface area is 249 Å². The minimum absolute atomic E-state index is 0.0126. The fourth-order valence-electron chi connectivity index (χ4n) is 4.41. The van der Waals surface area contributed by atoms with E-state index in [9.17, 15) is 27.5 Å². The average Bonchev–Trinajstić information content (AvgIpc) is 3.49. The van der Waals surface area contributed by atoms with Gasteiger partial charge >= 0.3 is 0 Å². The molecule has 0 saturated carbocycles. The SMILES string of the molecule is C[C@@H](NC(=O)c1cc(C(=O)N[C@@H](Cc2ccccc2)[C@@H](O)Cn2cncn2)cc(N(C)S(C)(=O)=O)c1)c1ccc(F)cc1. The summed E-state index contributed by atoms with van der Waals surface area (Å²) in [6, 6.07) is 17.7. The van der Waals surface area contributed by atoms with Gasteiger partial charge in [-0.25, -0.2) is 17.8 Å². The molecule has 0 aliphatic rings. The van der Waals surface area contributed by atoms with E-state index in [0.717, 1.165) is 16.1 Å². The van der Waals surface area contributed by atoms with Gasteiger partial charge in [-0.3, -0.25) is 18.6 Å². The Balaban J connectivity index is 1.63. The maximum absolute atomic E-state index is 13.6. The van der Waals surface area contributed by atoms with Gasteiger partial charge in [-0.15, -0.1) is 0 Å². The van der Waals surface area contributed by atoms with Crippen LogP contribution in [0.15, 0.2) is 85.5 Å². The second kappa shape index (κ2) is 13.6. The van der Waals surface area contributed by atoms with E-state index in [1.54, 1.807) is 19.1 Å². The van der Waals surface area contributed by atoms with E-state index >= 15 is 0 Å². The number of hydrogen-bond donors (Lipinski definition) is 3. The van der Waals surface area contributed by atoms with Crippen molar-refractivity contribution in [3.8, 4) is 0 Å². The van der Waals surface area contributed by atoms with Crippen LogP contribution >= 0.6 is 0 Å². The van der Waals surface area contributed by atoms with E-state index in [1.807, 2.05) is 30.3 Å². The van der Waals surface area contributed by atoms with E-state index in [0.29, 0.717) is 5.56 Å². The maximum Gasteiger partial charge on any atom is 0.251 e. The number of sulfonamides is 1. The molecule has 0 unspecified atom stereocenters. The third-order valence-corrected chi connectivity index (χ3v) is 8.15. The molecule has 1 aromatic heterocycles. The molecular formula is C30H33FN6O5S. The summed E-state index contributed by atoms with van der Waals surface area (Å²) in [5, 5.41) is 20.8. The summed E-state index contributed by atoms with van der Waals surface area (Å²) in [7, 11) is -2.42. The number of amides is 2. The molecule has 4 aromatic rings. The summed E-state index contributed by atoms with van der Waals surface area (Å²) >= 11 is 0. The Bertz CT molecular complexity index is 1650. The smallest absolute Gasteiger partial charge is 0.251 e. The number of carbonyl (C=O) groups is 2. The summed E-state index contributed by atoms with van der Waals surface area (Å²) in [4.78, 5) is 30.8. The van der Waals surface area contributed by atoms with Crippen LogP contribution in [0.3, 0.4) is 0 Å². The number of hydrogen-bond acceptors (Lipinski definition) is 7.